The second-order valence-electron chi connectivity index (χ2n) is 4.48. The molecule has 7 nitrogen and oxygen atoms in total. The van der Waals surface area contributed by atoms with Crippen molar-refractivity contribution in [2.75, 3.05) is 13.2 Å². The number of hydrogen-bond acceptors (Lipinski definition) is 7. The summed E-state index contributed by atoms with van der Waals surface area (Å²) >= 11 is 0.709. The van der Waals surface area contributed by atoms with Crippen LogP contribution in [0.15, 0.2) is 29.2 Å². The quantitative estimate of drug-likeness (QED) is 0.575. The molecule has 23 heavy (non-hydrogen) atoms. The molecule has 1 aromatic rings. The minimum atomic E-state index is -1.30. The number of carbonyl (C=O) groups excluding carboxylic acids is 4. The highest BCUT2D eigenvalue weighted by Gasteiger charge is 2.36. The SMILES string of the molecule is CCOC(=O)CN1C(=O)S/C(=C/c2ccc(C(=O)[O-])cc2)C1=O. The first-order chi connectivity index (χ1) is 10.9. The first kappa shape index (κ1) is 16.8. The normalized spacial score (nSPS) is 16.0. The fraction of sp³-hybridized carbons (Fsp3) is 0.200. The van der Waals surface area contributed by atoms with E-state index in [1.165, 1.54) is 30.3 Å². The van der Waals surface area contributed by atoms with E-state index in [0.29, 0.717) is 17.3 Å². The summed E-state index contributed by atoms with van der Waals surface area (Å²) in [4.78, 5) is 47.0. The Morgan fingerprint density at radius 1 is 1.26 bits per heavy atom. The Hall–Kier alpha value is -2.61. The standard InChI is InChI=1S/C15H13NO6S/c1-2-22-12(17)8-16-13(18)11(23-15(16)21)7-9-3-5-10(6-4-9)14(19)20/h3-7H,2,8H2,1H3,(H,19,20)/p-1/b11-7+. The van der Waals surface area contributed by atoms with Gasteiger partial charge in [0.25, 0.3) is 11.1 Å². The highest BCUT2D eigenvalue weighted by atomic mass is 32.2. The summed E-state index contributed by atoms with van der Waals surface area (Å²) in [6, 6.07) is 5.66. The van der Waals surface area contributed by atoms with Gasteiger partial charge in [-0.15, -0.1) is 0 Å². The zero-order valence-electron chi connectivity index (χ0n) is 12.1. The van der Waals surface area contributed by atoms with Crippen molar-refractivity contribution in [3.8, 4) is 0 Å². The smallest absolute Gasteiger partial charge is 0.326 e. The molecule has 0 saturated carbocycles. The number of carboxylic acids is 1. The average molecular weight is 334 g/mol. The van der Waals surface area contributed by atoms with Crippen molar-refractivity contribution in [2.24, 2.45) is 0 Å². The molecule has 1 saturated heterocycles. The van der Waals surface area contributed by atoms with Gasteiger partial charge >= 0.3 is 5.97 Å². The van der Waals surface area contributed by atoms with Crippen LogP contribution in [-0.4, -0.2) is 41.1 Å². The van der Waals surface area contributed by atoms with E-state index in [1.807, 2.05) is 0 Å². The van der Waals surface area contributed by atoms with Gasteiger partial charge in [0.2, 0.25) is 0 Å². The third-order valence-electron chi connectivity index (χ3n) is 2.91. The molecule has 0 radical (unpaired) electrons. The molecular weight excluding hydrogens is 322 g/mol. The van der Waals surface area contributed by atoms with Gasteiger partial charge in [-0.1, -0.05) is 24.3 Å². The summed E-state index contributed by atoms with van der Waals surface area (Å²) in [5.74, 6) is -2.54. The number of amides is 2. The van der Waals surface area contributed by atoms with Crippen LogP contribution in [0.4, 0.5) is 4.79 Å². The maximum Gasteiger partial charge on any atom is 0.326 e. The van der Waals surface area contributed by atoms with E-state index in [2.05, 4.69) is 0 Å². The second kappa shape index (κ2) is 7.10. The lowest BCUT2D eigenvalue weighted by molar-refractivity contribution is -0.255. The van der Waals surface area contributed by atoms with Gasteiger partial charge in [0.15, 0.2) is 0 Å². The molecule has 1 heterocycles. The van der Waals surface area contributed by atoms with E-state index in [4.69, 9.17) is 4.74 Å². The van der Waals surface area contributed by atoms with Crippen molar-refractivity contribution in [3.05, 3.63) is 40.3 Å². The number of esters is 1. The van der Waals surface area contributed by atoms with E-state index in [0.717, 1.165) is 4.90 Å². The van der Waals surface area contributed by atoms with Gasteiger partial charge in [0.05, 0.1) is 17.5 Å². The molecule has 8 heteroatoms. The molecule has 0 bridgehead atoms. The van der Waals surface area contributed by atoms with E-state index < -0.39 is 29.6 Å². The lowest BCUT2D eigenvalue weighted by Crippen LogP contribution is -2.34. The molecule has 0 aliphatic carbocycles. The lowest BCUT2D eigenvalue weighted by Gasteiger charge is -2.10. The maximum absolute atomic E-state index is 12.1. The van der Waals surface area contributed by atoms with E-state index in [-0.39, 0.29) is 17.1 Å². The number of hydrogen-bond donors (Lipinski definition) is 0. The van der Waals surface area contributed by atoms with Crippen molar-refractivity contribution in [1.82, 2.24) is 4.90 Å². The van der Waals surface area contributed by atoms with Crippen LogP contribution in [0, 0.1) is 0 Å². The van der Waals surface area contributed by atoms with E-state index in [1.54, 1.807) is 6.92 Å². The number of benzene rings is 1. The second-order valence-corrected chi connectivity index (χ2v) is 5.48. The van der Waals surface area contributed by atoms with Crippen LogP contribution in [0.5, 0.6) is 0 Å². The fourth-order valence-corrected chi connectivity index (χ4v) is 2.68. The molecule has 0 spiro atoms. The molecule has 0 aromatic heterocycles. The molecule has 0 N–H and O–H groups in total. The van der Waals surface area contributed by atoms with Crippen molar-refractivity contribution < 1.29 is 29.0 Å². The number of imide groups is 1. The molecule has 1 aliphatic rings. The van der Waals surface area contributed by atoms with Crippen LogP contribution in [0.2, 0.25) is 0 Å². The predicted molar refractivity (Wildman–Crippen MR) is 80.1 cm³/mol. The van der Waals surface area contributed by atoms with E-state index >= 15 is 0 Å². The Kier molecular flexibility index (Phi) is 5.17. The van der Waals surface area contributed by atoms with Crippen molar-refractivity contribution >= 4 is 40.9 Å². The number of rotatable bonds is 5. The Balaban J connectivity index is 2.14. The van der Waals surface area contributed by atoms with Crippen molar-refractivity contribution in [3.63, 3.8) is 0 Å². The summed E-state index contributed by atoms with van der Waals surface area (Å²) in [5, 5.41) is 10.1. The van der Waals surface area contributed by atoms with E-state index in [9.17, 15) is 24.3 Å². The van der Waals surface area contributed by atoms with Crippen LogP contribution >= 0.6 is 11.8 Å². The van der Waals surface area contributed by atoms with Gasteiger partial charge in [-0.2, -0.15) is 0 Å². The van der Waals surface area contributed by atoms with Gasteiger partial charge in [-0.25, -0.2) is 0 Å². The van der Waals surface area contributed by atoms with Gasteiger partial charge < -0.3 is 14.6 Å². The molecule has 1 aliphatic heterocycles. The summed E-state index contributed by atoms with van der Waals surface area (Å²) in [7, 11) is 0. The molecular formula is C15H12NO6S-. The van der Waals surface area contributed by atoms with Crippen LogP contribution in [0.3, 0.4) is 0 Å². The summed E-state index contributed by atoms with van der Waals surface area (Å²) in [6.45, 7) is 1.36. The van der Waals surface area contributed by atoms with Gasteiger partial charge in [0, 0.05) is 0 Å². The predicted octanol–water partition coefficient (Wildman–Crippen LogP) is 0.650. The molecule has 2 rings (SSSR count). The molecule has 0 unspecified atom stereocenters. The summed E-state index contributed by atoms with van der Waals surface area (Å²) in [5.41, 5.74) is 0.564. The van der Waals surface area contributed by atoms with Crippen LogP contribution in [-0.2, 0) is 14.3 Å². The Labute approximate surface area is 135 Å². The Bertz CT molecular complexity index is 694. The maximum atomic E-state index is 12.1. The average Bonchev–Trinajstić information content (AvgIpc) is 2.76. The highest BCUT2D eigenvalue weighted by Crippen LogP contribution is 2.32. The van der Waals surface area contributed by atoms with Crippen LogP contribution in [0.1, 0.15) is 22.8 Å². The monoisotopic (exact) mass is 334 g/mol. The van der Waals surface area contributed by atoms with Crippen molar-refractivity contribution in [2.45, 2.75) is 6.92 Å². The molecule has 1 fully saturated rings. The number of carboxylic acid groups (broad SMARTS) is 1. The van der Waals surface area contributed by atoms with Gasteiger partial charge in [-0.3, -0.25) is 19.3 Å². The lowest BCUT2D eigenvalue weighted by atomic mass is 10.1. The highest BCUT2D eigenvalue weighted by molar-refractivity contribution is 8.18. The molecule has 120 valence electrons. The van der Waals surface area contributed by atoms with Gasteiger partial charge in [-0.05, 0) is 35.9 Å². The third kappa shape index (κ3) is 3.98. The Morgan fingerprint density at radius 3 is 2.48 bits per heavy atom. The fourth-order valence-electron chi connectivity index (χ4n) is 1.84. The van der Waals surface area contributed by atoms with Crippen molar-refractivity contribution in [1.29, 1.82) is 0 Å². The van der Waals surface area contributed by atoms with Crippen LogP contribution in [0.25, 0.3) is 6.08 Å². The van der Waals surface area contributed by atoms with Crippen LogP contribution < -0.4 is 5.11 Å². The molecule has 0 atom stereocenters. The minimum Gasteiger partial charge on any atom is -0.545 e. The summed E-state index contributed by atoms with van der Waals surface area (Å²) < 4.78 is 4.71. The third-order valence-corrected chi connectivity index (χ3v) is 3.82. The topological polar surface area (TPSA) is 104 Å². The molecule has 1 aromatic carbocycles. The number of thioether (sulfide) groups is 1. The summed E-state index contributed by atoms with van der Waals surface area (Å²) in [6.07, 6.45) is 1.45. The number of nitrogens with zero attached hydrogens (tertiary/aromatic N) is 1. The zero-order chi connectivity index (χ0) is 17.0. The first-order valence-corrected chi connectivity index (χ1v) is 7.46. The minimum absolute atomic E-state index is 0.0116. The Morgan fingerprint density at radius 2 is 1.91 bits per heavy atom. The molecule has 2 amide bonds. The number of carbonyl (C=O) groups is 4. The number of aromatic carboxylic acids is 1. The largest absolute Gasteiger partial charge is 0.545 e. The number of ether oxygens (including phenoxy) is 1. The van der Waals surface area contributed by atoms with Gasteiger partial charge in [0.1, 0.15) is 6.54 Å². The zero-order valence-corrected chi connectivity index (χ0v) is 12.9. The first-order valence-electron chi connectivity index (χ1n) is 6.64.